The molecule has 0 aliphatic rings. The van der Waals surface area contributed by atoms with Gasteiger partial charge in [-0.3, -0.25) is 4.79 Å². The van der Waals surface area contributed by atoms with Crippen molar-refractivity contribution in [3.63, 3.8) is 0 Å². The minimum Gasteiger partial charge on any atom is -0.507 e. The van der Waals surface area contributed by atoms with E-state index >= 15 is 0 Å². The molecule has 1 N–H and O–H groups in total. The van der Waals surface area contributed by atoms with Crippen LogP contribution in [0.4, 0.5) is 0 Å². The van der Waals surface area contributed by atoms with Crippen LogP contribution in [0.3, 0.4) is 0 Å². The summed E-state index contributed by atoms with van der Waals surface area (Å²) in [5, 5.41) is 10.4. The Morgan fingerprint density at radius 3 is 2.45 bits per heavy atom. The lowest BCUT2D eigenvalue weighted by atomic mass is 10.1. The monoisotopic (exact) mass is 541 g/mol. The molecule has 0 aliphatic heterocycles. The Morgan fingerprint density at radius 1 is 1.06 bits per heavy atom. The zero-order valence-electron chi connectivity index (χ0n) is 16.4. The Morgan fingerprint density at radius 2 is 1.77 bits per heavy atom. The summed E-state index contributed by atoms with van der Waals surface area (Å²) in [5.74, 6) is 1.45. The topological polar surface area (TPSA) is 72.6 Å². The first-order valence-corrected chi connectivity index (χ1v) is 11.0. The zero-order valence-corrected chi connectivity index (χ0v) is 19.6. The average molecular weight is 543 g/mol. The summed E-state index contributed by atoms with van der Waals surface area (Å²) in [6, 6.07) is 18.2. The number of oxazole rings is 1. The summed E-state index contributed by atoms with van der Waals surface area (Å²) in [6.45, 7) is 1.55. The van der Waals surface area contributed by atoms with Crippen LogP contribution in [0.1, 0.15) is 12.5 Å². The van der Waals surface area contributed by atoms with Crippen molar-refractivity contribution in [2.24, 2.45) is 0 Å². The van der Waals surface area contributed by atoms with Gasteiger partial charge in [-0.2, -0.15) is 0 Å². The predicted molar refractivity (Wildman–Crippen MR) is 125 cm³/mol. The van der Waals surface area contributed by atoms with E-state index < -0.39 is 0 Å². The maximum absolute atomic E-state index is 11.4. The van der Waals surface area contributed by atoms with Crippen molar-refractivity contribution in [2.45, 2.75) is 13.3 Å². The first kappa shape index (κ1) is 21.3. The van der Waals surface area contributed by atoms with Crippen molar-refractivity contribution in [2.75, 3.05) is 0 Å². The number of phenolic OH excluding ortho intramolecular Hbond substituents is 1. The van der Waals surface area contributed by atoms with Gasteiger partial charge in [0.05, 0.1) is 14.5 Å². The van der Waals surface area contributed by atoms with Crippen molar-refractivity contribution in [3.05, 3.63) is 81.4 Å². The number of carbonyl (C=O) groups is 1. The number of benzene rings is 3. The van der Waals surface area contributed by atoms with Gasteiger partial charge < -0.3 is 14.3 Å². The highest BCUT2D eigenvalue weighted by Crippen LogP contribution is 2.40. The van der Waals surface area contributed by atoms with Crippen molar-refractivity contribution in [3.8, 4) is 40.0 Å². The summed E-state index contributed by atoms with van der Waals surface area (Å²) in [6.07, 6.45) is 1.90. The van der Waals surface area contributed by atoms with E-state index in [1.807, 2.05) is 42.5 Å². The number of halogens is 2. The van der Waals surface area contributed by atoms with Gasteiger partial charge in [0.1, 0.15) is 29.2 Å². The molecule has 0 unspecified atom stereocenters. The highest BCUT2D eigenvalue weighted by molar-refractivity contribution is 9.11. The van der Waals surface area contributed by atoms with Gasteiger partial charge in [0.15, 0.2) is 5.75 Å². The number of aromatic hydroxyl groups is 1. The number of carbonyl (C=O) groups excluding carboxylic acids is 1. The number of rotatable bonds is 6. The Bertz CT molecular complexity index is 1230. The lowest BCUT2D eigenvalue weighted by Crippen LogP contribution is -1.97. The summed E-state index contributed by atoms with van der Waals surface area (Å²) in [4.78, 5) is 15.9. The predicted octanol–water partition coefficient (Wildman–Crippen LogP) is 7.16. The molecule has 7 heteroatoms. The van der Waals surface area contributed by atoms with Gasteiger partial charge >= 0.3 is 0 Å². The summed E-state index contributed by atoms with van der Waals surface area (Å²) >= 11 is 7.01. The van der Waals surface area contributed by atoms with E-state index in [9.17, 15) is 9.90 Å². The molecule has 0 spiro atoms. The van der Waals surface area contributed by atoms with E-state index in [1.165, 1.54) is 6.07 Å². The minimum atomic E-state index is 0.0312. The number of nitrogens with zero attached hydrogens (tertiary/aromatic N) is 1. The van der Waals surface area contributed by atoms with Crippen molar-refractivity contribution >= 4 is 37.6 Å². The number of ether oxygens (including phenoxy) is 1. The molecule has 3 aromatic carbocycles. The van der Waals surface area contributed by atoms with Crippen LogP contribution in [0.15, 0.2) is 80.3 Å². The maximum Gasteiger partial charge on any atom is 0.230 e. The van der Waals surface area contributed by atoms with E-state index in [2.05, 4.69) is 36.8 Å². The van der Waals surface area contributed by atoms with Gasteiger partial charge in [-0.25, -0.2) is 4.98 Å². The normalized spacial score (nSPS) is 10.8. The highest BCUT2D eigenvalue weighted by Gasteiger charge is 2.16. The number of phenols is 1. The molecule has 1 heterocycles. The SMILES string of the molecule is CC(=O)Cc1cc(Br)c(Oc2ccc(O)c(-c3nc(-c4ccccc4)co3)c2)c(Br)c1. The number of hydrogen-bond acceptors (Lipinski definition) is 5. The molecular weight excluding hydrogens is 526 g/mol. The molecule has 31 heavy (non-hydrogen) atoms. The molecule has 0 fully saturated rings. The molecule has 0 saturated heterocycles. The average Bonchev–Trinajstić information content (AvgIpc) is 3.22. The second-order valence-corrected chi connectivity index (χ2v) is 8.66. The van der Waals surface area contributed by atoms with Crippen LogP contribution in [0.2, 0.25) is 0 Å². The number of aromatic nitrogens is 1. The minimum absolute atomic E-state index is 0.0312. The molecule has 0 saturated carbocycles. The van der Waals surface area contributed by atoms with Gasteiger partial charge in [0.2, 0.25) is 5.89 Å². The second kappa shape index (κ2) is 9.08. The molecule has 5 nitrogen and oxygen atoms in total. The maximum atomic E-state index is 11.4. The molecule has 4 rings (SSSR count). The number of Topliss-reactive ketones (excluding diaryl/α,β-unsaturated/α-hetero) is 1. The number of hydrogen-bond donors (Lipinski definition) is 1. The third-order valence-electron chi connectivity index (χ3n) is 4.50. The third-order valence-corrected chi connectivity index (χ3v) is 5.68. The fourth-order valence-electron chi connectivity index (χ4n) is 3.11. The lowest BCUT2D eigenvalue weighted by Gasteiger charge is -2.13. The summed E-state index contributed by atoms with van der Waals surface area (Å²) in [7, 11) is 0. The molecule has 156 valence electrons. The zero-order chi connectivity index (χ0) is 22.0. The first-order valence-electron chi connectivity index (χ1n) is 9.40. The Labute approximate surface area is 196 Å². The largest absolute Gasteiger partial charge is 0.507 e. The van der Waals surface area contributed by atoms with E-state index in [4.69, 9.17) is 9.15 Å². The van der Waals surface area contributed by atoms with Gasteiger partial charge in [-0.1, -0.05) is 30.3 Å². The van der Waals surface area contributed by atoms with E-state index in [1.54, 1.807) is 25.3 Å². The van der Waals surface area contributed by atoms with Crippen LogP contribution < -0.4 is 4.74 Å². The third kappa shape index (κ3) is 4.89. The molecule has 0 amide bonds. The smallest absolute Gasteiger partial charge is 0.230 e. The van der Waals surface area contributed by atoms with Crippen LogP contribution in [-0.2, 0) is 11.2 Å². The van der Waals surface area contributed by atoms with E-state index in [0.717, 1.165) is 11.1 Å². The molecular formula is C24H17Br2NO4. The molecule has 4 aromatic rings. The Hall–Kier alpha value is -2.90. The van der Waals surface area contributed by atoms with Crippen molar-refractivity contribution < 1.29 is 19.1 Å². The van der Waals surface area contributed by atoms with Crippen LogP contribution >= 0.6 is 31.9 Å². The van der Waals surface area contributed by atoms with E-state index in [0.29, 0.717) is 38.1 Å². The standard InChI is InChI=1S/C24H17Br2NO4/c1-14(28)9-15-10-19(25)23(20(26)11-15)31-17-7-8-22(29)18(12-17)24-27-21(13-30-24)16-5-3-2-4-6-16/h2-8,10-13,29H,9H2,1H3. The summed E-state index contributed by atoms with van der Waals surface area (Å²) < 4.78 is 13.1. The van der Waals surface area contributed by atoms with Crippen LogP contribution in [0.5, 0.6) is 17.2 Å². The van der Waals surface area contributed by atoms with Gasteiger partial charge in [0, 0.05) is 12.0 Å². The Kier molecular flexibility index (Phi) is 6.25. The van der Waals surface area contributed by atoms with Crippen LogP contribution in [0.25, 0.3) is 22.7 Å². The molecule has 0 aliphatic carbocycles. The Balaban J connectivity index is 1.64. The fraction of sp³-hybridized carbons (Fsp3) is 0.0833. The highest BCUT2D eigenvalue weighted by atomic mass is 79.9. The summed E-state index contributed by atoms with van der Waals surface area (Å²) in [5.41, 5.74) is 2.88. The first-order chi connectivity index (χ1) is 14.9. The lowest BCUT2D eigenvalue weighted by molar-refractivity contribution is -0.116. The van der Waals surface area contributed by atoms with Crippen molar-refractivity contribution in [1.29, 1.82) is 0 Å². The van der Waals surface area contributed by atoms with Crippen molar-refractivity contribution in [1.82, 2.24) is 4.98 Å². The van der Waals surface area contributed by atoms with Crippen LogP contribution in [0, 0.1) is 0 Å². The second-order valence-electron chi connectivity index (χ2n) is 6.95. The number of ketones is 1. The van der Waals surface area contributed by atoms with Gasteiger partial charge in [-0.05, 0) is 74.7 Å². The molecule has 0 atom stereocenters. The molecule has 0 bridgehead atoms. The molecule has 1 aromatic heterocycles. The van der Waals surface area contributed by atoms with Gasteiger partial charge in [0.25, 0.3) is 0 Å². The molecule has 0 radical (unpaired) electrons. The fourth-order valence-corrected chi connectivity index (χ4v) is 4.55. The van der Waals surface area contributed by atoms with E-state index in [-0.39, 0.29) is 17.4 Å². The van der Waals surface area contributed by atoms with Crippen LogP contribution in [-0.4, -0.2) is 15.9 Å². The quantitative estimate of drug-likeness (QED) is 0.280. The van der Waals surface area contributed by atoms with Gasteiger partial charge in [-0.15, -0.1) is 0 Å².